The lowest BCUT2D eigenvalue weighted by Crippen LogP contribution is -2.26. The molecule has 1 unspecified atom stereocenters. The van der Waals surface area contributed by atoms with E-state index in [0.29, 0.717) is 44.1 Å². The molecular weight excluding hydrogens is 556 g/mol. The number of ether oxygens (including phenoxy) is 3. The summed E-state index contributed by atoms with van der Waals surface area (Å²) in [6.07, 6.45) is 9.32. The Morgan fingerprint density at radius 1 is 0.955 bits per heavy atom. The molecule has 1 heterocycles. The lowest BCUT2D eigenvalue weighted by atomic mass is 9.83. The molecule has 1 aliphatic heterocycles. The number of carbonyl (C=O) groups is 3. The Bertz CT molecular complexity index is 1180. The van der Waals surface area contributed by atoms with E-state index in [4.69, 9.17) is 14.2 Å². The zero-order chi connectivity index (χ0) is 31.6. The molecule has 4 rings (SSSR count). The lowest BCUT2D eigenvalue weighted by molar-refractivity contribution is -0.143. The van der Waals surface area contributed by atoms with Crippen molar-refractivity contribution in [2.75, 3.05) is 46.0 Å². The van der Waals surface area contributed by atoms with E-state index in [0.717, 1.165) is 70.5 Å². The molecule has 242 valence electrons. The van der Waals surface area contributed by atoms with Gasteiger partial charge in [0.05, 0.1) is 25.4 Å². The molecule has 1 fully saturated rings. The Kier molecular flexibility index (Phi) is 15.8. The van der Waals surface area contributed by atoms with Crippen LogP contribution in [0.1, 0.15) is 105 Å². The molecule has 1 N–H and O–H groups in total. The molecule has 1 saturated heterocycles. The fourth-order valence-corrected chi connectivity index (χ4v) is 5.73. The predicted molar refractivity (Wildman–Crippen MR) is 173 cm³/mol. The number of rotatable bonds is 16. The molecule has 0 aromatic heterocycles. The van der Waals surface area contributed by atoms with Crippen molar-refractivity contribution in [3.05, 3.63) is 64.7 Å². The van der Waals surface area contributed by atoms with Crippen LogP contribution < -0.4 is 10.1 Å². The average Bonchev–Trinajstić information content (AvgIpc) is 3.44. The standard InChI is InChI=1S/C22H34N2O4.C14H18O2/c1-2-27-22(26)12-5-6-14-23-15-13-19-9-3-4-10-20(19)28-18-8-17-24-16-7-11-21(24)25;1-3-16-14(15)12-7-8-13-10(2)5-4-6-11(13)9-12/h3-4,9-10,23H,2,5-8,11-18H2,1H3;7-10H,3-6H2,1-2H3. The normalized spacial score (nSPS) is 15.7. The van der Waals surface area contributed by atoms with Crippen LogP contribution in [0.4, 0.5) is 0 Å². The molecule has 0 saturated carbocycles. The molecule has 2 aliphatic rings. The van der Waals surface area contributed by atoms with Crippen molar-refractivity contribution >= 4 is 17.8 Å². The largest absolute Gasteiger partial charge is 0.493 e. The van der Waals surface area contributed by atoms with Crippen LogP contribution in [0.5, 0.6) is 5.75 Å². The first kappa shape index (κ1) is 35.1. The highest BCUT2D eigenvalue weighted by atomic mass is 16.5. The van der Waals surface area contributed by atoms with Gasteiger partial charge in [0.2, 0.25) is 5.91 Å². The van der Waals surface area contributed by atoms with Gasteiger partial charge in [-0.3, -0.25) is 9.59 Å². The first-order chi connectivity index (χ1) is 21.4. The number of carbonyl (C=O) groups excluding carboxylic acids is 3. The number of esters is 2. The summed E-state index contributed by atoms with van der Waals surface area (Å²) in [6, 6.07) is 14.1. The molecular formula is C36H52N2O6. The van der Waals surface area contributed by atoms with Gasteiger partial charge in [-0.15, -0.1) is 0 Å². The van der Waals surface area contributed by atoms with Crippen LogP contribution >= 0.6 is 0 Å². The van der Waals surface area contributed by atoms with E-state index in [9.17, 15) is 14.4 Å². The minimum Gasteiger partial charge on any atom is -0.493 e. The van der Waals surface area contributed by atoms with Gasteiger partial charge in [0.1, 0.15) is 5.75 Å². The van der Waals surface area contributed by atoms with Gasteiger partial charge in [-0.2, -0.15) is 0 Å². The number of likely N-dealkylation sites (tertiary alicyclic amines) is 1. The Morgan fingerprint density at radius 3 is 2.55 bits per heavy atom. The first-order valence-corrected chi connectivity index (χ1v) is 16.6. The zero-order valence-electron chi connectivity index (χ0n) is 27.0. The topological polar surface area (TPSA) is 94.2 Å². The van der Waals surface area contributed by atoms with Crippen molar-refractivity contribution in [3.8, 4) is 5.75 Å². The third-order valence-electron chi connectivity index (χ3n) is 8.10. The number of benzene rings is 2. The van der Waals surface area contributed by atoms with Crippen molar-refractivity contribution in [1.29, 1.82) is 0 Å². The summed E-state index contributed by atoms with van der Waals surface area (Å²) >= 11 is 0. The molecule has 1 amide bonds. The molecule has 1 aliphatic carbocycles. The van der Waals surface area contributed by atoms with Crippen molar-refractivity contribution < 1.29 is 28.6 Å². The molecule has 0 radical (unpaired) electrons. The van der Waals surface area contributed by atoms with Gasteiger partial charge in [0.15, 0.2) is 0 Å². The Labute approximate surface area is 263 Å². The number of hydrogen-bond donors (Lipinski definition) is 1. The highest BCUT2D eigenvalue weighted by molar-refractivity contribution is 5.89. The second kappa shape index (κ2) is 19.8. The summed E-state index contributed by atoms with van der Waals surface area (Å²) in [6.45, 7) is 10.9. The quantitative estimate of drug-likeness (QED) is 0.178. The minimum atomic E-state index is -0.205. The van der Waals surface area contributed by atoms with Crippen molar-refractivity contribution in [1.82, 2.24) is 10.2 Å². The second-order valence-corrected chi connectivity index (χ2v) is 11.5. The summed E-state index contributed by atoms with van der Waals surface area (Å²) in [5.74, 6) is 1.51. The number of hydrogen-bond acceptors (Lipinski definition) is 7. The third kappa shape index (κ3) is 11.9. The van der Waals surface area contributed by atoms with Crippen LogP contribution in [0.2, 0.25) is 0 Å². The minimum absolute atomic E-state index is 0.109. The number of aryl methyl sites for hydroxylation is 1. The van der Waals surface area contributed by atoms with Gasteiger partial charge in [0.25, 0.3) is 0 Å². The molecule has 0 bridgehead atoms. The van der Waals surface area contributed by atoms with Crippen LogP contribution in [-0.4, -0.2) is 68.7 Å². The van der Waals surface area contributed by atoms with Gasteiger partial charge in [-0.05, 0) is 119 Å². The molecule has 2 aromatic rings. The predicted octanol–water partition coefficient (Wildman–Crippen LogP) is 6.25. The highest BCUT2D eigenvalue weighted by Gasteiger charge is 2.19. The van der Waals surface area contributed by atoms with E-state index in [1.807, 2.05) is 49.1 Å². The van der Waals surface area contributed by atoms with E-state index in [-0.39, 0.29) is 17.8 Å². The first-order valence-electron chi connectivity index (χ1n) is 16.6. The van der Waals surface area contributed by atoms with E-state index in [1.165, 1.54) is 29.5 Å². The van der Waals surface area contributed by atoms with E-state index >= 15 is 0 Å². The van der Waals surface area contributed by atoms with Gasteiger partial charge in [-0.25, -0.2) is 4.79 Å². The molecule has 1 atom stereocenters. The Balaban J connectivity index is 0.000000278. The van der Waals surface area contributed by atoms with Crippen LogP contribution in [-0.2, 0) is 31.9 Å². The Morgan fingerprint density at radius 2 is 1.77 bits per heavy atom. The maximum absolute atomic E-state index is 11.6. The summed E-state index contributed by atoms with van der Waals surface area (Å²) in [5.41, 5.74) is 4.61. The summed E-state index contributed by atoms with van der Waals surface area (Å²) in [4.78, 5) is 36.4. The van der Waals surface area contributed by atoms with Crippen LogP contribution in [0.25, 0.3) is 0 Å². The summed E-state index contributed by atoms with van der Waals surface area (Å²) in [7, 11) is 0. The smallest absolute Gasteiger partial charge is 0.338 e. The van der Waals surface area contributed by atoms with E-state index < -0.39 is 0 Å². The van der Waals surface area contributed by atoms with E-state index in [1.54, 1.807) is 0 Å². The third-order valence-corrected chi connectivity index (χ3v) is 8.10. The fraction of sp³-hybridized carbons (Fsp3) is 0.583. The van der Waals surface area contributed by atoms with E-state index in [2.05, 4.69) is 24.4 Å². The second-order valence-electron chi connectivity index (χ2n) is 11.5. The molecule has 8 heteroatoms. The maximum Gasteiger partial charge on any atom is 0.338 e. The molecule has 44 heavy (non-hydrogen) atoms. The van der Waals surface area contributed by atoms with Crippen molar-refractivity contribution in [2.24, 2.45) is 0 Å². The number of para-hydroxylation sites is 1. The maximum atomic E-state index is 11.6. The van der Waals surface area contributed by atoms with Gasteiger partial charge in [-0.1, -0.05) is 31.2 Å². The monoisotopic (exact) mass is 608 g/mol. The zero-order valence-corrected chi connectivity index (χ0v) is 27.0. The molecule has 8 nitrogen and oxygen atoms in total. The number of nitrogens with zero attached hydrogens (tertiary/aromatic N) is 1. The van der Waals surface area contributed by atoms with Gasteiger partial charge in [0, 0.05) is 25.9 Å². The molecule has 2 aromatic carbocycles. The fourth-order valence-electron chi connectivity index (χ4n) is 5.73. The SMILES string of the molecule is CCOC(=O)CCCCNCCc1ccccc1OCCCN1CCCC1=O.CCOC(=O)c1ccc2c(c1)CCCC2C. The van der Waals surface area contributed by atoms with Crippen molar-refractivity contribution in [2.45, 2.75) is 90.9 Å². The number of fused-ring (bicyclic) bond motifs is 1. The molecule has 0 spiro atoms. The summed E-state index contributed by atoms with van der Waals surface area (Å²) < 4.78 is 15.9. The number of nitrogens with one attached hydrogen (secondary N) is 1. The van der Waals surface area contributed by atoms with Crippen LogP contribution in [0.3, 0.4) is 0 Å². The van der Waals surface area contributed by atoms with Gasteiger partial charge >= 0.3 is 11.9 Å². The number of amides is 1. The van der Waals surface area contributed by atoms with Crippen LogP contribution in [0.15, 0.2) is 42.5 Å². The van der Waals surface area contributed by atoms with Crippen molar-refractivity contribution in [3.63, 3.8) is 0 Å². The average molecular weight is 609 g/mol. The van der Waals surface area contributed by atoms with Crippen LogP contribution in [0, 0.1) is 0 Å². The van der Waals surface area contributed by atoms with Gasteiger partial charge < -0.3 is 24.4 Å². The Hall–Kier alpha value is -3.39. The number of unbranched alkanes of at least 4 members (excludes halogenated alkanes) is 1. The lowest BCUT2D eigenvalue weighted by Gasteiger charge is -2.22. The highest BCUT2D eigenvalue weighted by Crippen LogP contribution is 2.31. The summed E-state index contributed by atoms with van der Waals surface area (Å²) in [5, 5.41) is 3.42.